The standard InChI is InChI=1S/C11H23N3/c1-9(2)13-11(8-12)4-6-14-5-3-10(11)7-14/h9-10,13H,3-8,12H2,1-2H3. The fourth-order valence-corrected chi connectivity index (χ4v) is 3.14. The molecule has 3 atom stereocenters. The summed E-state index contributed by atoms with van der Waals surface area (Å²) < 4.78 is 0. The van der Waals surface area contributed by atoms with Gasteiger partial charge in [-0.05, 0) is 31.8 Å². The van der Waals surface area contributed by atoms with Crippen molar-refractivity contribution < 1.29 is 0 Å². The van der Waals surface area contributed by atoms with Crippen molar-refractivity contribution in [3.8, 4) is 0 Å². The van der Waals surface area contributed by atoms with Gasteiger partial charge in [-0.1, -0.05) is 13.8 Å². The summed E-state index contributed by atoms with van der Waals surface area (Å²) in [5, 5.41) is 3.72. The summed E-state index contributed by atoms with van der Waals surface area (Å²) >= 11 is 0. The highest BCUT2D eigenvalue weighted by Crippen LogP contribution is 2.35. The van der Waals surface area contributed by atoms with E-state index in [-0.39, 0.29) is 5.54 Å². The average molecular weight is 197 g/mol. The molecule has 0 spiro atoms. The predicted octanol–water partition coefficient (Wildman–Crippen LogP) is 0.408. The van der Waals surface area contributed by atoms with Gasteiger partial charge in [0.05, 0.1) is 0 Å². The van der Waals surface area contributed by atoms with Gasteiger partial charge in [0.1, 0.15) is 0 Å². The molecular weight excluding hydrogens is 174 g/mol. The third-order valence-corrected chi connectivity index (χ3v) is 3.87. The Kier molecular flexibility index (Phi) is 2.82. The van der Waals surface area contributed by atoms with Gasteiger partial charge < -0.3 is 16.0 Å². The summed E-state index contributed by atoms with van der Waals surface area (Å²) in [6, 6.07) is 0.547. The number of fused-ring (bicyclic) bond motifs is 2. The van der Waals surface area contributed by atoms with E-state index in [9.17, 15) is 0 Å². The van der Waals surface area contributed by atoms with E-state index in [2.05, 4.69) is 24.1 Å². The van der Waals surface area contributed by atoms with Gasteiger partial charge in [-0.3, -0.25) is 0 Å². The first kappa shape index (κ1) is 10.4. The van der Waals surface area contributed by atoms with Crippen LogP contribution >= 0.6 is 0 Å². The minimum atomic E-state index is 0.237. The van der Waals surface area contributed by atoms with Crippen LogP contribution in [0.15, 0.2) is 0 Å². The van der Waals surface area contributed by atoms with E-state index in [4.69, 9.17) is 5.73 Å². The summed E-state index contributed by atoms with van der Waals surface area (Å²) in [5.41, 5.74) is 6.23. The Bertz CT molecular complexity index is 205. The van der Waals surface area contributed by atoms with Crippen LogP contribution in [0.5, 0.6) is 0 Å². The number of nitrogens with two attached hydrogens (primary N) is 1. The molecule has 2 saturated heterocycles. The topological polar surface area (TPSA) is 41.3 Å². The zero-order chi connectivity index (χ0) is 10.2. The highest BCUT2D eigenvalue weighted by Gasteiger charge is 2.45. The van der Waals surface area contributed by atoms with E-state index >= 15 is 0 Å². The van der Waals surface area contributed by atoms with Gasteiger partial charge in [0, 0.05) is 24.7 Å². The maximum absolute atomic E-state index is 5.99. The quantitative estimate of drug-likeness (QED) is 0.688. The second kappa shape index (κ2) is 3.80. The molecule has 2 aliphatic heterocycles. The Labute approximate surface area is 87.0 Å². The molecule has 0 aromatic rings. The molecule has 2 fully saturated rings. The Hall–Kier alpha value is -0.120. The molecule has 82 valence electrons. The first-order valence-electron chi connectivity index (χ1n) is 5.86. The number of nitrogens with zero attached hydrogens (tertiary/aromatic N) is 1. The van der Waals surface area contributed by atoms with Crippen molar-refractivity contribution in [1.82, 2.24) is 10.2 Å². The van der Waals surface area contributed by atoms with Gasteiger partial charge in [0.15, 0.2) is 0 Å². The lowest BCUT2D eigenvalue weighted by Gasteiger charge is -2.44. The predicted molar refractivity (Wildman–Crippen MR) is 59.2 cm³/mol. The maximum atomic E-state index is 5.99. The zero-order valence-electron chi connectivity index (χ0n) is 9.42. The molecule has 3 N–H and O–H groups in total. The van der Waals surface area contributed by atoms with Gasteiger partial charge in [0.25, 0.3) is 0 Å². The molecular formula is C11H23N3. The van der Waals surface area contributed by atoms with Crippen molar-refractivity contribution in [3.05, 3.63) is 0 Å². The third-order valence-electron chi connectivity index (χ3n) is 3.87. The largest absolute Gasteiger partial charge is 0.329 e. The third kappa shape index (κ3) is 1.69. The van der Waals surface area contributed by atoms with Gasteiger partial charge in [-0.2, -0.15) is 0 Å². The average Bonchev–Trinajstić information content (AvgIpc) is 2.55. The fourth-order valence-electron chi connectivity index (χ4n) is 3.14. The molecule has 3 nitrogen and oxygen atoms in total. The van der Waals surface area contributed by atoms with Crippen LogP contribution in [0.1, 0.15) is 26.7 Å². The van der Waals surface area contributed by atoms with E-state index in [1.54, 1.807) is 0 Å². The van der Waals surface area contributed by atoms with Crippen molar-refractivity contribution in [2.75, 3.05) is 26.2 Å². The van der Waals surface area contributed by atoms with Crippen LogP contribution in [0.2, 0.25) is 0 Å². The van der Waals surface area contributed by atoms with Gasteiger partial charge in [0.2, 0.25) is 0 Å². The van der Waals surface area contributed by atoms with Gasteiger partial charge >= 0.3 is 0 Å². The molecule has 3 unspecified atom stereocenters. The van der Waals surface area contributed by atoms with Crippen molar-refractivity contribution in [2.45, 2.75) is 38.3 Å². The normalized spacial score (nSPS) is 42.0. The second-order valence-corrected chi connectivity index (χ2v) is 5.20. The fraction of sp³-hybridized carbons (Fsp3) is 1.00. The van der Waals surface area contributed by atoms with Crippen LogP contribution in [0.3, 0.4) is 0 Å². The summed E-state index contributed by atoms with van der Waals surface area (Å²) in [6.07, 6.45) is 2.56. The second-order valence-electron chi connectivity index (χ2n) is 5.20. The lowest BCUT2D eigenvalue weighted by Crippen LogP contribution is -2.62. The lowest BCUT2D eigenvalue weighted by molar-refractivity contribution is 0.128. The molecule has 0 aliphatic carbocycles. The zero-order valence-corrected chi connectivity index (χ0v) is 9.42. The molecule has 0 radical (unpaired) electrons. The molecule has 2 aliphatic rings. The highest BCUT2D eigenvalue weighted by molar-refractivity contribution is 5.04. The van der Waals surface area contributed by atoms with E-state index in [1.807, 2.05) is 0 Å². The molecule has 2 rings (SSSR count). The number of hydrogen-bond acceptors (Lipinski definition) is 3. The van der Waals surface area contributed by atoms with E-state index < -0.39 is 0 Å². The summed E-state index contributed by atoms with van der Waals surface area (Å²) in [5.74, 6) is 0.781. The van der Waals surface area contributed by atoms with Crippen LogP contribution in [-0.2, 0) is 0 Å². The van der Waals surface area contributed by atoms with Crippen molar-refractivity contribution in [2.24, 2.45) is 11.7 Å². The van der Waals surface area contributed by atoms with Crippen molar-refractivity contribution in [3.63, 3.8) is 0 Å². The van der Waals surface area contributed by atoms with Gasteiger partial charge in [-0.15, -0.1) is 0 Å². The number of piperidine rings is 1. The number of nitrogens with one attached hydrogen (secondary N) is 1. The van der Waals surface area contributed by atoms with E-state index in [0.717, 1.165) is 12.5 Å². The molecule has 2 heterocycles. The van der Waals surface area contributed by atoms with Crippen LogP contribution < -0.4 is 11.1 Å². The SMILES string of the molecule is CC(C)NC1(CN)CCN2CCC1C2. The van der Waals surface area contributed by atoms with Crippen LogP contribution in [0.25, 0.3) is 0 Å². The van der Waals surface area contributed by atoms with Gasteiger partial charge in [-0.25, -0.2) is 0 Å². The van der Waals surface area contributed by atoms with Crippen molar-refractivity contribution >= 4 is 0 Å². The van der Waals surface area contributed by atoms with E-state index in [1.165, 1.54) is 32.5 Å². The molecule has 14 heavy (non-hydrogen) atoms. The molecule has 0 aromatic carbocycles. The lowest BCUT2D eigenvalue weighted by atomic mass is 9.78. The Balaban J connectivity index is 2.10. The Morgan fingerprint density at radius 2 is 2.29 bits per heavy atom. The first-order chi connectivity index (χ1) is 6.66. The molecule has 2 bridgehead atoms. The van der Waals surface area contributed by atoms with E-state index in [0.29, 0.717) is 6.04 Å². The summed E-state index contributed by atoms with van der Waals surface area (Å²) in [7, 11) is 0. The van der Waals surface area contributed by atoms with Crippen LogP contribution in [0, 0.1) is 5.92 Å². The summed E-state index contributed by atoms with van der Waals surface area (Å²) in [6.45, 7) is 9.01. The first-order valence-corrected chi connectivity index (χ1v) is 5.86. The van der Waals surface area contributed by atoms with Crippen LogP contribution in [0.4, 0.5) is 0 Å². The minimum absolute atomic E-state index is 0.237. The summed E-state index contributed by atoms with van der Waals surface area (Å²) in [4.78, 5) is 2.57. The Morgan fingerprint density at radius 3 is 2.93 bits per heavy atom. The molecule has 0 amide bonds. The molecule has 3 heteroatoms. The molecule has 0 saturated carbocycles. The van der Waals surface area contributed by atoms with Crippen molar-refractivity contribution in [1.29, 1.82) is 0 Å². The minimum Gasteiger partial charge on any atom is -0.329 e. The number of rotatable bonds is 3. The smallest absolute Gasteiger partial charge is 0.0359 e. The number of hydrogen-bond donors (Lipinski definition) is 2. The Morgan fingerprint density at radius 1 is 1.50 bits per heavy atom. The highest BCUT2D eigenvalue weighted by atomic mass is 15.2. The van der Waals surface area contributed by atoms with Crippen LogP contribution in [-0.4, -0.2) is 42.7 Å². The monoisotopic (exact) mass is 197 g/mol. The maximum Gasteiger partial charge on any atom is 0.0359 e. The molecule has 0 aromatic heterocycles.